The van der Waals surface area contributed by atoms with Gasteiger partial charge in [0.1, 0.15) is 0 Å². The van der Waals surface area contributed by atoms with Crippen molar-refractivity contribution in [2.24, 2.45) is 0 Å². The molecule has 0 aromatic heterocycles. The van der Waals surface area contributed by atoms with Crippen molar-refractivity contribution in [3.8, 4) is 0 Å². The molecule has 0 spiro atoms. The third kappa shape index (κ3) is 11.9. The summed E-state index contributed by atoms with van der Waals surface area (Å²) in [5.74, 6) is 0. The van der Waals surface area contributed by atoms with Gasteiger partial charge in [0.15, 0.2) is 5.29 Å². The smallest absolute Gasteiger partial charge is 0.185 e. The number of unbranched alkanes of at least 4 members (excludes halogenated alkanes) is 6. The Labute approximate surface area is 84.6 Å². The second-order valence-corrected chi connectivity index (χ2v) is 3.49. The van der Waals surface area contributed by atoms with Crippen LogP contribution in [-0.2, 0) is 0 Å². The molecule has 0 atom stereocenters. The van der Waals surface area contributed by atoms with Gasteiger partial charge in [-0.1, -0.05) is 37.3 Å². The first-order valence-electron chi connectivity index (χ1n) is 4.89. The molecule has 0 aromatic carbocycles. The van der Waals surface area contributed by atoms with Crippen molar-refractivity contribution in [2.45, 2.75) is 44.9 Å². The predicted molar refractivity (Wildman–Crippen MR) is 54.4 cm³/mol. The van der Waals surface area contributed by atoms with Crippen LogP contribution < -0.4 is 0 Å². The van der Waals surface area contributed by atoms with Crippen LogP contribution in [0.25, 0.3) is 0 Å². The minimum Gasteiger partial charge on any atom is -0.396 e. The molecule has 78 valence electrons. The fourth-order valence-electron chi connectivity index (χ4n) is 1.17. The fourth-order valence-corrected chi connectivity index (χ4v) is 1.28. The van der Waals surface area contributed by atoms with Crippen molar-refractivity contribution in [1.29, 1.82) is 0 Å². The summed E-state index contributed by atoms with van der Waals surface area (Å²) in [4.78, 5) is 0. The lowest BCUT2D eigenvalue weighted by Crippen LogP contribution is -1.83. The summed E-state index contributed by atoms with van der Waals surface area (Å²) in [7, 11) is 0. The van der Waals surface area contributed by atoms with Gasteiger partial charge in [0.25, 0.3) is 0 Å². The molecular formula is C10H18ClFO. The van der Waals surface area contributed by atoms with Crippen LogP contribution in [-0.4, -0.2) is 11.7 Å². The Balaban J connectivity index is 2.96. The summed E-state index contributed by atoms with van der Waals surface area (Å²) in [5, 5.41) is 7.91. The van der Waals surface area contributed by atoms with Crippen LogP contribution in [0.3, 0.4) is 0 Å². The Morgan fingerprint density at radius 2 is 1.62 bits per heavy atom. The van der Waals surface area contributed by atoms with E-state index in [4.69, 9.17) is 16.7 Å². The molecule has 1 nitrogen and oxygen atoms in total. The minimum absolute atomic E-state index is 0.292. The first-order valence-corrected chi connectivity index (χ1v) is 5.27. The third-order valence-corrected chi connectivity index (χ3v) is 2.07. The molecule has 0 aliphatic rings. The number of hydrogen-bond donors (Lipinski definition) is 1. The summed E-state index contributed by atoms with van der Waals surface area (Å²) >= 11 is 5.03. The summed E-state index contributed by atoms with van der Waals surface area (Å²) in [6, 6.07) is 0. The number of aliphatic hydroxyl groups excluding tert-OH is 1. The average Bonchev–Trinajstić information content (AvgIpc) is 2.09. The Morgan fingerprint density at radius 1 is 1.08 bits per heavy atom. The molecule has 0 saturated carbocycles. The van der Waals surface area contributed by atoms with Crippen molar-refractivity contribution in [3.63, 3.8) is 0 Å². The van der Waals surface area contributed by atoms with Gasteiger partial charge in [-0.25, -0.2) is 0 Å². The largest absolute Gasteiger partial charge is 0.396 e. The molecule has 0 aliphatic heterocycles. The molecule has 3 heteroatoms. The highest BCUT2D eigenvalue weighted by atomic mass is 35.5. The molecule has 0 unspecified atom stereocenters. The van der Waals surface area contributed by atoms with Gasteiger partial charge in [0, 0.05) is 6.61 Å². The van der Waals surface area contributed by atoms with Gasteiger partial charge in [0.2, 0.25) is 0 Å². The zero-order chi connectivity index (χ0) is 9.94. The van der Waals surface area contributed by atoms with E-state index in [1.807, 2.05) is 0 Å². The SMILES string of the molecule is OCCCCCCCC/C=C(/F)Cl. The number of rotatable bonds is 8. The lowest BCUT2D eigenvalue weighted by molar-refractivity contribution is 0.282. The highest BCUT2D eigenvalue weighted by Gasteiger charge is 1.90. The molecule has 0 aromatic rings. The molecule has 0 rings (SSSR count). The Kier molecular flexibility index (Phi) is 9.94. The predicted octanol–water partition coefficient (Wildman–Crippen LogP) is 3.76. The molecule has 0 bridgehead atoms. The van der Waals surface area contributed by atoms with Gasteiger partial charge < -0.3 is 5.11 Å². The van der Waals surface area contributed by atoms with Crippen molar-refractivity contribution in [1.82, 2.24) is 0 Å². The molecular weight excluding hydrogens is 191 g/mol. The molecule has 0 fully saturated rings. The number of allylic oxidation sites excluding steroid dienone is 1. The van der Waals surface area contributed by atoms with E-state index in [1.165, 1.54) is 6.08 Å². The zero-order valence-electron chi connectivity index (χ0n) is 7.94. The van der Waals surface area contributed by atoms with Crippen LogP contribution in [0.15, 0.2) is 11.4 Å². The lowest BCUT2D eigenvalue weighted by Gasteiger charge is -1.98. The molecule has 0 heterocycles. The monoisotopic (exact) mass is 208 g/mol. The van der Waals surface area contributed by atoms with Gasteiger partial charge in [-0.2, -0.15) is 4.39 Å². The van der Waals surface area contributed by atoms with E-state index < -0.39 is 5.29 Å². The van der Waals surface area contributed by atoms with E-state index in [0.29, 0.717) is 6.61 Å². The lowest BCUT2D eigenvalue weighted by atomic mass is 10.1. The van der Waals surface area contributed by atoms with E-state index >= 15 is 0 Å². The maximum Gasteiger partial charge on any atom is 0.185 e. The van der Waals surface area contributed by atoms with Crippen LogP contribution >= 0.6 is 11.6 Å². The molecule has 0 amide bonds. The van der Waals surface area contributed by atoms with Gasteiger partial charge >= 0.3 is 0 Å². The fraction of sp³-hybridized carbons (Fsp3) is 0.800. The van der Waals surface area contributed by atoms with Crippen LogP contribution in [0.4, 0.5) is 4.39 Å². The summed E-state index contributed by atoms with van der Waals surface area (Å²) in [5.41, 5.74) is 0. The van der Waals surface area contributed by atoms with E-state index in [1.54, 1.807) is 0 Å². The minimum atomic E-state index is -0.597. The van der Waals surface area contributed by atoms with Crippen LogP contribution in [0.2, 0.25) is 0 Å². The highest BCUT2D eigenvalue weighted by Crippen LogP contribution is 2.10. The van der Waals surface area contributed by atoms with Crippen LogP contribution in [0.1, 0.15) is 44.9 Å². The van der Waals surface area contributed by atoms with Crippen molar-refractivity contribution >= 4 is 11.6 Å². The number of hydrogen-bond acceptors (Lipinski definition) is 1. The molecule has 0 saturated heterocycles. The standard InChI is InChI=1S/C10H18ClFO/c11-10(12)8-6-4-2-1-3-5-7-9-13/h8,13H,1-7,9H2/b10-8+. The van der Waals surface area contributed by atoms with E-state index in [0.717, 1.165) is 44.9 Å². The van der Waals surface area contributed by atoms with Crippen molar-refractivity contribution < 1.29 is 9.50 Å². The van der Waals surface area contributed by atoms with E-state index in [2.05, 4.69) is 0 Å². The average molecular weight is 209 g/mol. The molecule has 1 N–H and O–H groups in total. The topological polar surface area (TPSA) is 20.2 Å². The molecule has 0 aliphatic carbocycles. The maximum absolute atomic E-state index is 12.0. The quantitative estimate of drug-likeness (QED) is 0.603. The summed E-state index contributed by atoms with van der Waals surface area (Å²) in [6.45, 7) is 0.292. The van der Waals surface area contributed by atoms with Crippen LogP contribution in [0.5, 0.6) is 0 Å². The normalized spacial score (nSPS) is 12.1. The van der Waals surface area contributed by atoms with Crippen molar-refractivity contribution in [3.05, 3.63) is 11.4 Å². The number of aliphatic hydroxyl groups is 1. The van der Waals surface area contributed by atoms with Gasteiger partial charge in [-0.05, 0) is 25.3 Å². The maximum atomic E-state index is 12.0. The Hall–Kier alpha value is -0.0800. The Morgan fingerprint density at radius 3 is 2.15 bits per heavy atom. The first-order chi connectivity index (χ1) is 6.27. The van der Waals surface area contributed by atoms with Crippen LogP contribution in [0, 0.1) is 0 Å². The molecule has 0 radical (unpaired) electrons. The first kappa shape index (κ1) is 12.9. The third-order valence-electron chi connectivity index (χ3n) is 1.91. The molecule has 13 heavy (non-hydrogen) atoms. The Bertz CT molecular complexity index is 133. The van der Waals surface area contributed by atoms with Gasteiger partial charge in [-0.15, -0.1) is 0 Å². The highest BCUT2D eigenvalue weighted by molar-refractivity contribution is 6.28. The zero-order valence-corrected chi connectivity index (χ0v) is 8.69. The summed E-state index contributed by atoms with van der Waals surface area (Å²) in [6.07, 6.45) is 8.58. The number of halogens is 2. The van der Waals surface area contributed by atoms with E-state index in [-0.39, 0.29) is 0 Å². The summed E-state index contributed by atoms with van der Waals surface area (Å²) < 4.78 is 12.0. The second kappa shape index (κ2) is 10.0. The van der Waals surface area contributed by atoms with Gasteiger partial charge in [0.05, 0.1) is 0 Å². The van der Waals surface area contributed by atoms with Crippen molar-refractivity contribution in [2.75, 3.05) is 6.61 Å². The van der Waals surface area contributed by atoms with Gasteiger partial charge in [-0.3, -0.25) is 0 Å². The van der Waals surface area contributed by atoms with E-state index in [9.17, 15) is 4.39 Å². The second-order valence-electron chi connectivity index (χ2n) is 3.13.